The van der Waals surface area contributed by atoms with Crippen LogP contribution in [-0.4, -0.2) is 28.2 Å². The summed E-state index contributed by atoms with van der Waals surface area (Å²) in [7, 11) is -0.904. The van der Waals surface area contributed by atoms with E-state index >= 15 is 0 Å². The zero-order chi connectivity index (χ0) is 12.3. The van der Waals surface area contributed by atoms with E-state index in [1.54, 1.807) is 12.3 Å². The molecule has 0 saturated carbocycles. The lowest BCUT2D eigenvalue weighted by Crippen LogP contribution is -2.35. The number of carbonyl (C=O) groups is 1. The van der Waals surface area contributed by atoms with Crippen LogP contribution in [0.2, 0.25) is 0 Å². The monoisotopic (exact) mass is 260 g/mol. The van der Waals surface area contributed by atoms with E-state index in [2.05, 4.69) is 5.32 Å². The van der Waals surface area contributed by atoms with Gasteiger partial charge in [-0.3, -0.25) is 9.00 Å². The number of nitrogens with two attached hydrogens (primary N) is 1. The highest BCUT2D eigenvalue weighted by Crippen LogP contribution is 2.23. The molecule has 2 atom stereocenters. The Morgan fingerprint density at radius 1 is 1.69 bits per heavy atom. The number of hydrogen-bond donors (Lipinski definition) is 2. The molecule has 0 radical (unpaired) electrons. The molecule has 1 amide bonds. The molecular weight excluding hydrogens is 244 g/mol. The number of carbonyl (C=O) groups excluding carboxylic acids is 1. The highest BCUT2D eigenvalue weighted by molar-refractivity contribution is 7.84. The zero-order valence-corrected chi connectivity index (χ0v) is 11.2. The van der Waals surface area contributed by atoms with Crippen LogP contribution in [0.4, 0.5) is 5.69 Å². The third-order valence-corrected chi connectivity index (χ3v) is 4.08. The Bertz CT molecular complexity index is 395. The second-order valence-corrected chi connectivity index (χ2v) is 6.47. The minimum absolute atomic E-state index is 0.0954. The summed E-state index contributed by atoms with van der Waals surface area (Å²) in [5.41, 5.74) is 6.31. The first-order valence-corrected chi connectivity index (χ1v) is 7.41. The fourth-order valence-electron chi connectivity index (χ4n) is 1.30. The molecule has 0 aromatic carbocycles. The molecular formula is C10H16N2O2S2. The van der Waals surface area contributed by atoms with Gasteiger partial charge in [0.15, 0.2) is 0 Å². The molecule has 1 heterocycles. The van der Waals surface area contributed by atoms with E-state index in [0.29, 0.717) is 16.3 Å². The first kappa shape index (κ1) is 13.2. The van der Waals surface area contributed by atoms with Crippen LogP contribution in [0, 0.1) is 6.92 Å². The second-order valence-electron chi connectivity index (χ2n) is 3.74. The first-order chi connectivity index (χ1) is 7.40. The minimum atomic E-state index is -0.904. The van der Waals surface area contributed by atoms with Gasteiger partial charge in [-0.05, 0) is 19.9 Å². The van der Waals surface area contributed by atoms with Gasteiger partial charge in [-0.1, -0.05) is 0 Å². The summed E-state index contributed by atoms with van der Waals surface area (Å²) < 4.78 is 11.0. The quantitative estimate of drug-likeness (QED) is 0.852. The third-order valence-electron chi connectivity index (χ3n) is 2.04. The van der Waals surface area contributed by atoms with Gasteiger partial charge in [-0.2, -0.15) is 0 Å². The van der Waals surface area contributed by atoms with Crippen molar-refractivity contribution in [1.82, 2.24) is 5.32 Å². The number of aryl methyl sites for hydroxylation is 1. The number of hydrogen-bond acceptors (Lipinski definition) is 4. The topological polar surface area (TPSA) is 72.2 Å². The number of nitrogens with one attached hydrogen (secondary N) is 1. The summed E-state index contributed by atoms with van der Waals surface area (Å²) in [6.07, 6.45) is 1.62. The van der Waals surface area contributed by atoms with E-state index in [1.807, 2.05) is 13.8 Å². The Hall–Kier alpha value is -0.880. The van der Waals surface area contributed by atoms with Gasteiger partial charge in [0.25, 0.3) is 5.91 Å². The first-order valence-electron chi connectivity index (χ1n) is 4.87. The van der Waals surface area contributed by atoms with Crippen molar-refractivity contribution in [3.8, 4) is 0 Å². The summed E-state index contributed by atoms with van der Waals surface area (Å²) in [4.78, 5) is 13.3. The number of nitrogen functional groups attached to an aromatic ring is 1. The number of thiophene rings is 1. The molecule has 0 aliphatic heterocycles. The third kappa shape index (κ3) is 3.61. The normalized spacial score (nSPS) is 14.4. The summed E-state index contributed by atoms with van der Waals surface area (Å²) >= 11 is 1.37. The molecule has 90 valence electrons. The lowest BCUT2D eigenvalue weighted by molar-refractivity contribution is 0.0948. The Morgan fingerprint density at radius 3 is 2.75 bits per heavy atom. The van der Waals surface area contributed by atoms with E-state index in [1.165, 1.54) is 11.3 Å². The average Bonchev–Trinajstić information content (AvgIpc) is 2.45. The van der Waals surface area contributed by atoms with Gasteiger partial charge in [0.05, 0.1) is 4.88 Å². The van der Waals surface area contributed by atoms with Crippen molar-refractivity contribution in [3.63, 3.8) is 0 Å². The van der Waals surface area contributed by atoms with Gasteiger partial charge in [0, 0.05) is 39.4 Å². The van der Waals surface area contributed by atoms with Gasteiger partial charge in [0.2, 0.25) is 0 Å². The highest BCUT2D eigenvalue weighted by Gasteiger charge is 2.13. The molecule has 0 saturated heterocycles. The Kier molecular flexibility index (Phi) is 4.49. The smallest absolute Gasteiger partial charge is 0.261 e. The van der Waals surface area contributed by atoms with Crippen LogP contribution in [0.5, 0.6) is 0 Å². The minimum Gasteiger partial charge on any atom is -0.398 e. The lowest BCUT2D eigenvalue weighted by atomic mass is 10.3. The van der Waals surface area contributed by atoms with Crippen molar-refractivity contribution in [1.29, 1.82) is 0 Å². The molecule has 0 aliphatic rings. The van der Waals surface area contributed by atoms with E-state index in [0.717, 1.165) is 4.88 Å². The maximum Gasteiger partial charge on any atom is 0.261 e. The van der Waals surface area contributed by atoms with Crippen molar-refractivity contribution in [2.24, 2.45) is 0 Å². The fourth-order valence-corrected chi connectivity index (χ4v) is 2.93. The molecule has 0 aliphatic carbocycles. The van der Waals surface area contributed by atoms with Crippen LogP contribution in [-0.2, 0) is 10.8 Å². The number of rotatable bonds is 4. The second kappa shape index (κ2) is 5.45. The van der Waals surface area contributed by atoms with Gasteiger partial charge in [0.1, 0.15) is 0 Å². The summed E-state index contributed by atoms with van der Waals surface area (Å²) in [5, 5.41) is 2.79. The van der Waals surface area contributed by atoms with E-state index in [-0.39, 0.29) is 11.9 Å². The zero-order valence-electron chi connectivity index (χ0n) is 9.57. The SMILES string of the molecule is Cc1sc(C(=O)NC(C)CS(C)=O)cc1N. The van der Waals surface area contributed by atoms with Crippen molar-refractivity contribution < 1.29 is 9.00 Å². The predicted octanol–water partition coefficient (Wildman–Crippen LogP) is 1.14. The molecule has 1 aromatic rings. The Morgan fingerprint density at radius 2 is 2.31 bits per heavy atom. The average molecular weight is 260 g/mol. The van der Waals surface area contributed by atoms with E-state index < -0.39 is 10.8 Å². The van der Waals surface area contributed by atoms with Crippen molar-refractivity contribution in [2.75, 3.05) is 17.7 Å². The summed E-state index contributed by atoms with van der Waals surface area (Å²) in [6, 6.07) is 1.58. The molecule has 1 rings (SSSR count). The fraction of sp³-hybridized carbons (Fsp3) is 0.500. The van der Waals surface area contributed by atoms with Crippen molar-refractivity contribution in [2.45, 2.75) is 19.9 Å². The Labute approximate surface area is 102 Å². The van der Waals surface area contributed by atoms with Crippen LogP contribution < -0.4 is 11.1 Å². The van der Waals surface area contributed by atoms with Crippen LogP contribution in [0.25, 0.3) is 0 Å². The van der Waals surface area contributed by atoms with Gasteiger partial charge < -0.3 is 11.1 Å². The Balaban J connectivity index is 2.62. The highest BCUT2D eigenvalue weighted by atomic mass is 32.2. The number of anilines is 1. The van der Waals surface area contributed by atoms with Crippen molar-refractivity contribution >= 4 is 33.7 Å². The van der Waals surface area contributed by atoms with E-state index in [4.69, 9.17) is 5.73 Å². The molecule has 16 heavy (non-hydrogen) atoms. The molecule has 0 bridgehead atoms. The van der Waals surface area contributed by atoms with Crippen LogP contribution in [0.15, 0.2) is 6.07 Å². The van der Waals surface area contributed by atoms with Gasteiger partial charge in [-0.25, -0.2) is 0 Å². The lowest BCUT2D eigenvalue weighted by Gasteiger charge is -2.10. The molecule has 1 aromatic heterocycles. The van der Waals surface area contributed by atoms with E-state index in [9.17, 15) is 9.00 Å². The standard InChI is InChI=1S/C10H16N2O2S2/c1-6(5-16(3)14)12-10(13)9-4-8(11)7(2)15-9/h4,6H,5,11H2,1-3H3,(H,12,13). The molecule has 0 spiro atoms. The number of amides is 1. The maximum absolute atomic E-state index is 11.7. The van der Waals surface area contributed by atoms with Crippen LogP contribution >= 0.6 is 11.3 Å². The molecule has 3 N–H and O–H groups in total. The van der Waals surface area contributed by atoms with Gasteiger partial charge in [-0.15, -0.1) is 11.3 Å². The predicted molar refractivity (Wildman–Crippen MR) is 69.3 cm³/mol. The molecule has 6 heteroatoms. The molecule has 2 unspecified atom stereocenters. The van der Waals surface area contributed by atoms with Crippen molar-refractivity contribution in [3.05, 3.63) is 15.8 Å². The maximum atomic E-state index is 11.7. The summed E-state index contributed by atoms with van der Waals surface area (Å²) in [6.45, 7) is 3.71. The van der Waals surface area contributed by atoms with Crippen LogP contribution in [0.3, 0.4) is 0 Å². The largest absolute Gasteiger partial charge is 0.398 e. The van der Waals surface area contributed by atoms with Gasteiger partial charge >= 0.3 is 0 Å². The molecule has 0 fully saturated rings. The summed E-state index contributed by atoms with van der Waals surface area (Å²) in [5.74, 6) is 0.314. The molecule has 4 nitrogen and oxygen atoms in total. The van der Waals surface area contributed by atoms with Crippen LogP contribution in [0.1, 0.15) is 21.5 Å².